The van der Waals surface area contributed by atoms with Crippen LogP contribution in [0.2, 0.25) is 0 Å². The maximum atomic E-state index is 14.1. The first-order valence-corrected chi connectivity index (χ1v) is 8.12. The van der Waals surface area contributed by atoms with Gasteiger partial charge in [-0.1, -0.05) is 48.1 Å². The van der Waals surface area contributed by atoms with Crippen molar-refractivity contribution < 1.29 is 13.2 Å². The second-order valence-corrected chi connectivity index (χ2v) is 6.24. The van der Waals surface area contributed by atoms with Gasteiger partial charge in [0.15, 0.2) is 11.6 Å². The van der Waals surface area contributed by atoms with Gasteiger partial charge in [0.2, 0.25) is 0 Å². The summed E-state index contributed by atoms with van der Waals surface area (Å²) in [5.74, 6) is -1.71. The quantitative estimate of drug-likeness (QED) is 0.618. The summed E-state index contributed by atoms with van der Waals surface area (Å²) in [5, 5.41) is 0. The SMILES string of the molecule is Cc1ccc(C2CC=C(C=Cc3cccc(F)c3)CC2)c(F)c1F. The molecule has 0 saturated carbocycles. The Kier molecular flexibility index (Phi) is 4.89. The molecule has 0 bridgehead atoms. The van der Waals surface area contributed by atoms with E-state index in [-0.39, 0.29) is 11.7 Å². The summed E-state index contributed by atoms with van der Waals surface area (Å²) in [6.45, 7) is 1.57. The molecule has 3 rings (SSSR count). The molecule has 0 aliphatic heterocycles. The van der Waals surface area contributed by atoms with Crippen molar-refractivity contribution in [3.63, 3.8) is 0 Å². The summed E-state index contributed by atoms with van der Waals surface area (Å²) in [6.07, 6.45) is 8.16. The molecule has 24 heavy (non-hydrogen) atoms. The van der Waals surface area contributed by atoms with E-state index in [0.29, 0.717) is 17.5 Å². The minimum atomic E-state index is -0.742. The molecular formula is C21H19F3. The third kappa shape index (κ3) is 3.61. The standard InChI is InChI=1S/C21H19F3/c1-14-5-12-19(21(24)20(14)23)17-10-8-15(9-11-17)6-7-16-3-2-4-18(22)13-16/h2-8,12-13,17H,9-11H2,1H3. The van der Waals surface area contributed by atoms with Gasteiger partial charge in [0, 0.05) is 0 Å². The Hall–Kier alpha value is -2.29. The van der Waals surface area contributed by atoms with E-state index in [9.17, 15) is 13.2 Å². The van der Waals surface area contributed by atoms with Crippen LogP contribution in [0.25, 0.3) is 6.08 Å². The average Bonchev–Trinajstić information content (AvgIpc) is 2.59. The first-order valence-electron chi connectivity index (χ1n) is 8.12. The summed E-state index contributed by atoms with van der Waals surface area (Å²) >= 11 is 0. The molecule has 1 unspecified atom stereocenters. The molecule has 1 aliphatic rings. The lowest BCUT2D eigenvalue weighted by Crippen LogP contribution is -2.07. The van der Waals surface area contributed by atoms with E-state index >= 15 is 0 Å². The lowest BCUT2D eigenvalue weighted by Gasteiger charge is -2.22. The van der Waals surface area contributed by atoms with Crippen LogP contribution in [0.4, 0.5) is 13.2 Å². The highest BCUT2D eigenvalue weighted by Crippen LogP contribution is 2.35. The zero-order valence-electron chi connectivity index (χ0n) is 13.5. The fourth-order valence-corrected chi connectivity index (χ4v) is 3.08. The molecule has 0 heterocycles. The van der Waals surface area contributed by atoms with Crippen molar-refractivity contribution in [1.29, 1.82) is 0 Å². The molecule has 0 nitrogen and oxygen atoms in total. The van der Waals surface area contributed by atoms with Crippen molar-refractivity contribution in [3.05, 3.63) is 88.3 Å². The molecule has 1 aliphatic carbocycles. The lowest BCUT2D eigenvalue weighted by atomic mass is 9.84. The van der Waals surface area contributed by atoms with Gasteiger partial charge in [0.1, 0.15) is 5.82 Å². The monoisotopic (exact) mass is 328 g/mol. The summed E-state index contributed by atoms with van der Waals surface area (Å²) < 4.78 is 41.0. The fraction of sp³-hybridized carbons (Fsp3) is 0.238. The molecule has 0 saturated heterocycles. The van der Waals surface area contributed by atoms with Gasteiger partial charge < -0.3 is 0 Å². The molecule has 0 amide bonds. The van der Waals surface area contributed by atoms with E-state index in [1.165, 1.54) is 12.1 Å². The lowest BCUT2D eigenvalue weighted by molar-refractivity contribution is 0.474. The smallest absolute Gasteiger partial charge is 0.162 e. The van der Waals surface area contributed by atoms with Crippen LogP contribution in [-0.2, 0) is 0 Å². The van der Waals surface area contributed by atoms with Gasteiger partial charge in [-0.05, 0) is 60.9 Å². The van der Waals surface area contributed by atoms with Crippen LogP contribution in [0.3, 0.4) is 0 Å². The topological polar surface area (TPSA) is 0 Å². The highest BCUT2D eigenvalue weighted by molar-refractivity contribution is 5.53. The van der Waals surface area contributed by atoms with E-state index in [4.69, 9.17) is 0 Å². The molecule has 2 aromatic rings. The Morgan fingerprint density at radius 1 is 1.00 bits per heavy atom. The Morgan fingerprint density at radius 2 is 1.83 bits per heavy atom. The average molecular weight is 328 g/mol. The van der Waals surface area contributed by atoms with E-state index < -0.39 is 11.6 Å². The zero-order chi connectivity index (χ0) is 17.1. The van der Waals surface area contributed by atoms with Gasteiger partial charge in [-0.2, -0.15) is 0 Å². The van der Waals surface area contributed by atoms with Crippen LogP contribution in [0.1, 0.15) is 41.9 Å². The van der Waals surface area contributed by atoms with Crippen LogP contribution < -0.4 is 0 Å². The van der Waals surface area contributed by atoms with Crippen LogP contribution in [0.15, 0.2) is 54.1 Å². The molecule has 0 spiro atoms. The maximum Gasteiger partial charge on any atom is 0.162 e. The van der Waals surface area contributed by atoms with E-state index in [1.807, 2.05) is 18.2 Å². The number of halogens is 3. The second kappa shape index (κ2) is 7.08. The van der Waals surface area contributed by atoms with Crippen molar-refractivity contribution in [2.45, 2.75) is 32.1 Å². The summed E-state index contributed by atoms with van der Waals surface area (Å²) in [7, 11) is 0. The maximum absolute atomic E-state index is 14.1. The van der Waals surface area contributed by atoms with Gasteiger partial charge in [0.25, 0.3) is 0 Å². The number of benzene rings is 2. The predicted octanol–water partition coefficient (Wildman–Crippen LogP) is 6.32. The van der Waals surface area contributed by atoms with E-state index in [0.717, 1.165) is 24.0 Å². The molecular weight excluding hydrogens is 309 g/mol. The van der Waals surface area contributed by atoms with E-state index in [2.05, 4.69) is 6.08 Å². The van der Waals surface area contributed by atoms with Crippen molar-refractivity contribution in [1.82, 2.24) is 0 Å². The third-order valence-corrected chi connectivity index (χ3v) is 4.53. The summed E-state index contributed by atoms with van der Waals surface area (Å²) in [6, 6.07) is 9.74. The second-order valence-electron chi connectivity index (χ2n) is 6.24. The Morgan fingerprint density at radius 3 is 2.54 bits per heavy atom. The normalized spacial score (nSPS) is 18.0. The number of allylic oxidation sites excluding steroid dienone is 3. The zero-order valence-corrected chi connectivity index (χ0v) is 13.5. The first kappa shape index (κ1) is 16.6. The van der Waals surface area contributed by atoms with Gasteiger partial charge >= 0.3 is 0 Å². The van der Waals surface area contributed by atoms with Gasteiger partial charge in [-0.25, -0.2) is 13.2 Å². The molecule has 0 radical (unpaired) electrons. The number of hydrogen-bond acceptors (Lipinski definition) is 0. The van der Waals surface area contributed by atoms with Crippen molar-refractivity contribution in [2.75, 3.05) is 0 Å². The van der Waals surface area contributed by atoms with Crippen molar-refractivity contribution in [2.24, 2.45) is 0 Å². The van der Waals surface area contributed by atoms with Crippen LogP contribution in [0.5, 0.6) is 0 Å². The Bertz CT molecular complexity index is 803. The minimum Gasteiger partial charge on any atom is -0.207 e. The fourth-order valence-electron chi connectivity index (χ4n) is 3.08. The first-order chi connectivity index (χ1) is 11.5. The molecule has 2 aromatic carbocycles. The highest BCUT2D eigenvalue weighted by atomic mass is 19.2. The molecule has 1 atom stereocenters. The molecule has 0 aromatic heterocycles. The van der Waals surface area contributed by atoms with Crippen LogP contribution in [-0.4, -0.2) is 0 Å². The van der Waals surface area contributed by atoms with Crippen LogP contribution >= 0.6 is 0 Å². The summed E-state index contributed by atoms with van der Waals surface area (Å²) in [5.41, 5.74) is 2.75. The van der Waals surface area contributed by atoms with E-state index in [1.54, 1.807) is 25.1 Å². The molecule has 3 heteroatoms. The number of hydrogen-bond donors (Lipinski definition) is 0. The Balaban J connectivity index is 1.71. The van der Waals surface area contributed by atoms with Crippen molar-refractivity contribution >= 4 is 6.08 Å². The molecule has 0 fully saturated rings. The minimum absolute atomic E-state index is 0.00594. The molecule has 124 valence electrons. The van der Waals surface area contributed by atoms with Crippen LogP contribution in [0, 0.1) is 24.4 Å². The van der Waals surface area contributed by atoms with Gasteiger partial charge in [-0.3, -0.25) is 0 Å². The highest BCUT2D eigenvalue weighted by Gasteiger charge is 2.21. The summed E-state index contributed by atoms with van der Waals surface area (Å²) in [4.78, 5) is 0. The van der Waals surface area contributed by atoms with Gasteiger partial charge in [-0.15, -0.1) is 0 Å². The molecule has 0 N–H and O–H groups in total. The van der Waals surface area contributed by atoms with Crippen molar-refractivity contribution in [3.8, 4) is 0 Å². The number of rotatable bonds is 3. The predicted molar refractivity (Wildman–Crippen MR) is 91.2 cm³/mol. The largest absolute Gasteiger partial charge is 0.207 e. The number of aryl methyl sites for hydroxylation is 1. The van der Waals surface area contributed by atoms with Gasteiger partial charge in [0.05, 0.1) is 0 Å². The Labute approximate surface area is 140 Å². The third-order valence-electron chi connectivity index (χ3n) is 4.53.